The van der Waals surface area contributed by atoms with Gasteiger partial charge in [-0.1, -0.05) is 23.2 Å². The SMILES string of the molecule is Cc1ccc(CCC(=O)Nc2c(Cl)cc([N+](=O)[O-])cc2Cl)o1. The van der Waals surface area contributed by atoms with E-state index in [1.807, 2.05) is 13.0 Å². The highest BCUT2D eigenvalue weighted by molar-refractivity contribution is 6.40. The highest BCUT2D eigenvalue weighted by Gasteiger charge is 2.16. The summed E-state index contributed by atoms with van der Waals surface area (Å²) >= 11 is 11.8. The van der Waals surface area contributed by atoms with Crippen LogP contribution in [0.3, 0.4) is 0 Å². The molecule has 2 aromatic rings. The van der Waals surface area contributed by atoms with Gasteiger partial charge in [0.1, 0.15) is 11.5 Å². The number of amides is 1. The predicted octanol–water partition coefficient (Wildman–Crippen LogP) is 4.37. The van der Waals surface area contributed by atoms with E-state index in [1.54, 1.807) is 6.07 Å². The molecule has 2 rings (SSSR count). The number of nitro groups is 1. The molecule has 0 aliphatic heterocycles. The largest absolute Gasteiger partial charge is 0.466 e. The molecule has 1 N–H and O–H groups in total. The summed E-state index contributed by atoms with van der Waals surface area (Å²) < 4.78 is 5.37. The lowest BCUT2D eigenvalue weighted by molar-refractivity contribution is -0.384. The number of nitrogens with one attached hydrogen (secondary N) is 1. The summed E-state index contributed by atoms with van der Waals surface area (Å²) in [5, 5.41) is 13.3. The van der Waals surface area contributed by atoms with Gasteiger partial charge >= 0.3 is 0 Å². The lowest BCUT2D eigenvalue weighted by Crippen LogP contribution is -2.13. The Morgan fingerprint density at radius 1 is 1.32 bits per heavy atom. The predicted molar refractivity (Wildman–Crippen MR) is 83.5 cm³/mol. The number of furan rings is 1. The first-order valence-corrected chi connectivity index (χ1v) is 7.11. The van der Waals surface area contributed by atoms with Gasteiger partial charge in [0.05, 0.1) is 20.7 Å². The first-order chi connectivity index (χ1) is 10.4. The van der Waals surface area contributed by atoms with Crippen LogP contribution in [0.5, 0.6) is 0 Å². The van der Waals surface area contributed by atoms with Crippen LogP contribution in [-0.2, 0) is 11.2 Å². The van der Waals surface area contributed by atoms with Gasteiger partial charge in [-0.15, -0.1) is 0 Å². The number of carbonyl (C=O) groups is 1. The van der Waals surface area contributed by atoms with E-state index in [9.17, 15) is 14.9 Å². The van der Waals surface area contributed by atoms with Crippen LogP contribution in [0.2, 0.25) is 10.0 Å². The Morgan fingerprint density at radius 3 is 2.45 bits per heavy atom. The average Bonchev–Trinajstić information content (AvgIpc) is 2.86. The van der Waals surface area contributed by atoms with E-state index in [-0.39, 0.29) is 33.7 Å². The van der Waals surface area contributed by atoms with Crippen LogP contribution in [-0.4, -0.2) is 10.8 Å². The number of non-ortho nitro benzene ring substituents is 1. The van der Waals surface area contributed by atoms with E-state index in [4.69, 9.17) is 27.6 Å². The summed E-state index contributed by atoms with van der Waals surface area (Å²) in [6.45, 7) is 1.82. The first kappa shape index (κ1) is 16.3. The van der Waals surface area contributed by atoms with Crippen LogP contribution in [0.25, 0.3) is 0 Å². The van der Waals surface area contributed by atoms with Crippen molar-refractivity contribution in [2.75, 3.05) is 5.32 Å². The highest BCUT2D eigenvalue weighted by atomic mass is 35.5. The normalized spacial score (nSPS) is 10.5. The average molecular weight is 343 g/mol. The number of hydrogen-bond acceptors (Lipinski definition) is 4. The van der Waals surface area contributed by atoms with Crippen molar-refractivity contribution < 1.29 is 14.1 Å². The maximum atomic E-state index is 11.9. The minimum absolute atomic E-state index is 0.0152. The summed E-state index contributed by atoms with van der Waals surface area (Å²) in [5.74, 6) is 1.16. The molecule has 0 fully saturated rings. The standard InChI is InChI=1S/C14H12Cl2N2O4/c1-8-2-3-10(22-8)4-5-13(19)17-14-11(15)6-9(18(20)21)7-12(14)16/h2-3,6-7H,4-5H2,1H3,(H,17,19). The van der Waals surface area contributed by atoms with Crippen LogP contribution in [0.1, 0.15) is 17.9 Å². The molecule has 1 heterocycles. The fraction of sp³-hybridized carbons (Fsp3) is 0.214. The molecule has 6 nitrogen and oxygen atoms in total. The van der Waals surface area contributed by atoms with E-state index in [2.05, 4.69) is 5.32 Å². The molecule has 0 aliphatic carbocycles. The number of aryl methyl sites for hydroxylation is 2. The molecule has 0 bridgehead atoms. The summed E-state index contributed by atoms with van der Waals surface area (Å²) in [4.78, 5) is 22.0. The third-order valence-electron chi connectivity index (χ3n) is 2.90. The first-order valence-electron chi connectivity index (χ1n) is 6.35. The van der Waals surface area contributed by atoms with Crippen molar-refractivity contribution in [3.05, 3.63) is 55.9 Å². The number of halogens is 2. The van der Waals surface area contributed by atoms with Crippen molar-refractivity contribution in [3.8, 4) is 0 Å². The minimum atomic E-state index is -0.609. The van der Waals surface area contributed by atoms with E-state index in [1.165, 1.54) is 0 Å². The van der Waals surface area contributed by atoms with Gasteiger partial charge in [-0.25, -0.2) is 0 Å². The van der Waals surface area contributed by atoms with Crippen molar-refractivity contribution in [1.82, 2.24) is 0 Å². The molecule has 0 aliphatic rings. The number of nitro benzene ring substituents is 1. The maximum absolute atomic E-state index is 11.9. The van der Waals surface area contributed by atoms with Crippen molar-refractivity contribution in [3.63, 3.8) is 0 Å². The molecule has 8 heteroatoms. The molecule has 0 atom stereocenters. The zero-order valence-electron chi connectivity index (χ0n) is 11.6. The topological polar surface area (TPSA) is 85.4 Å². The lowest BCUT2D eigenvalue weighted by Gasteiger charge is -2.09. The quantitative estimate of drug-likeness (QED) is 0.645. The van der Waals surface area contributed by atoms with Gasteiger partial charge in [0.2, 0.25) is 5.91 Å². The van der Waals surface area contributed by atoms with Crippen LogP contribution < -0.4 is 5.32 Å². The van der Waals surface area contributed by atoms with E-state index in [0.717, 1.165) is 17.9 Å². The molecule has 0 saturated heterocycles. The monoisotopic (exact) mass is 342 g/mol. The van der Waals surface area contributed by atoms with E-state index in [0.29, 0.717) is 12.2 Å². The van der Waals surface area contributed by atoms with Gasteiger partial charge in [0, 0.05) is 25.0 Å². The van der Waals surface area contributed by atoms with Gasteiger partial charge in [-0.05, 0) is 19.1 Å². The maximum Gasteiger partial charge on any atom is 0.272 e. The van der Waals surface area contributed by atoms with Gasteiger partial charge in [-0.3, -0.25) is 14.9 Å². The number of hydrogen-bond donors (Lipinski definition) is 1. The van der Waals surface area contributed by atoms with Crippen molar-refractivity contribution in [2.45, 2.75) is 19.8 Å². The van der Waals surface area contributed by atoms with Crippen molar-refractivity contribution >= 4 is 40.5 Å². The molecule has 1 aromatic carbocycles. The van der Waals surface area contributed by atoms with Gasteiger partial charge in [-0.2, -0.15) is 0 Å². The molecule has 1 amide bonds. The lowest BCUT2D eigenvalue weighted by atomic mass is 10.2. The zero-order chi connectivity index (χ0) is 16.3. The molecule has 0 radical (unpaired) electrons. The Morgan fingerprint density at radius 2 is 1.95 bits per heavy atom. The Kier molecular flexibility index (Phi) is 5.05. The number of carbonyl (C=O) groups excluding carboxylic acids is 1. The van der Waals surface area contributed by atoms with Gasteiger partial charge < -0.3 is 9.73 Å². The molecule has 0 unspecified atom stereocenters. The summed E-state index contributed by atoms with van der Waals surface area (Å²) in [6, 6.07) is 5.89. The number of benzene rings is 1. The molecule has 0 spiro atoms. The van der Waals surface area contributed by atoms with Crippen LogP contribution in [0.4, 0.5) is 11.4 Å². The van der Waals surface area contributed by atoms with Crippen LogP contribution in [0.15, 0.2) is 28.7 Å². The molecule has 0 saturated carbocycles. The molecular weight excluding hydrogens is 331 g/mol. The van der Waals surface area contributed by atoms with E-state index < -0.39 is 4.92 Å². The van der Waals surface area contributed by atoms with Crippen molar-refractivity contribution in [1.29, 1.82) is 0 Å². The smallest absolute Gasteiger partial charge is 0.272 e. The third-order valence-corrected chi connectivity index (χ3v) is 3.49. The Balaban J connectivity index is 2.03. The van der Waals surface area contributed by atoms with Crippen LogP contribution >= 0.6 is 23.2 Å². The second-order valence-electron chi connectivity index (χ2n) is 4.60. The number of rotatable bonds is 5. The number of anilines is 1. The molecule has 116 valence electrons. The van der Waals surface area contributed by atoms with Crippen molar-refractivity contribution in [2.24, 2.45) is 0 Å². The van der Waals surface area contributed by atoms with E-state index >= 15 is 0 Å². The second kappa shape index (κ2) is 6.81. The highest BCUT2D eigenvalue weighted by Crippen LogP contribution is 2.34. The Labute approximate surface area is 136 Å². The Hall–Kier alpha value is -2.05. The van der Waals surface area contributed by atoms with Crippen LogP contribution in [0, 0.1) is 17.0 Å². The fourth-order valence-corrected chi connectivity index (χ4v) is 2.41. The van der Waals surface area contributed by atoms with Gasteiger partial charge in [0.25, 0.3) is 5.69 Å². The molecule has 1 aromatic heterocycles. The second-order valence-corrected chi connectivity index (χ2v) is 5.42. The fourth-order valence-electron chi connectivity index (χ4n) is 1.84. The zero-order valence-corrected chi connectivity index (χ0v) is 13.1. The third kappa shape index (κ3) is 3.99. The summed E-state index contributed by atoms with van der Waals surface area (Å²) in [5.41, 5.74) is -0.0754. The minimum Gasteiger partial charge on any atom is -0.466 e. The molecule has 22 heavy (non-hydrogen) atoms. The summed E-state index contributed by atoms with van der Waals surface area (Å²) in [7, 11) is 0. The molecular formula is C14H12Cl2N2O4. The summed E-state index contributed by atoms with van der Waals surface area (Å²) in [6.07, 6.45) is 0.610. The number of nitrogens with zero attached hydrogens (tertiary/aromatic N) is 1. The van der Waals surface area contributed by atoms with Gasteiger partial charge in [0.15, 0.2) is 0 Å². The Bertz CT molecular complexity index is 704.